The van der Waals surface area contributed by atoms with Crippen molar-refractivity contribution in [2.75, 3.05) is 13.2 Å². The van der Waals surface area contributed by atoms with Gasteiger partial charge in [-0.05, 0) is 37.7 Å². The lowest BCUT2D eigenvalue weighted by atomic mass is 9.77. The van der Waals surface area contributed by atoms with Crippen molar-refractivity contribution in [2.24, 2.45) is 5.92 Å². The lowest BCUT2D eigenvalue weighted by molar-refractivity contribution is -0.0435. The maximum Gasteiger partial charge on any atom is 0.494 e. The monoisotopic (exact) mass is 288 g/mol. The molecule has 1 aromatic carbocycles. The van der Waals surface area contributed by atoms with E-state index in [2.05, 4.69) is 58.9 Å². The van der Waals surface area contributed by atoms with Crippen LogP contribution in [0.3, 0.4) is 0 Å². The number of hydrogen-bond acceptors (Lipinski definition) is 3. The average Bonchev–Trinajstić information content (AvgIpc) is 2.60. The van der Waals surface area contributed by atoms with Gasteiger partial charge in [0.05, 0.1) is 24.4 Å². The Morgan fingerprint density at radius 2 is 1.86 bits per heavy atom. The van der Waals surface area contributed by atoms with Crippen molar-refractivity contribution in [1.29, 1.82) is 0 Å². The second-order valence-corrected chi connectivity index (χ2v) is 7.24. The SMILES string of the molecule is CC(C)C1(C)OB(c2cccc(C3COC3)c2)OC1(C)C. The molecule has 2 fully saturated rings. The first-order valence-corrected chi connectivity index (χ1v) is 7.87. The molecule has 2 heterocycles. The standard InChI is InChI=1S/C17H25BO3/c1-12(2)17(5)16(3,4)20-18(21-17)15-8-6-7-13(9-15)14-10-19-11-14/h6-9,12,14H,10-11H2,1-5H3. The highest BCUT2D eigenvalue weighted by Gasteiger charge is 2.56. The minimum atomic E-state index is -0.304. The molecule has 0 aromatic heterocycles. The highest BCUT2D eigenvalue weighted by atomic mass is 16.7. The zero-order valence-electron chi connectivity index (χ0n) is 13.7. The Kier molecular flexibility index (Phi) is 3.67. The minimum absolute atomic E-state index is 0.284. The molecule has 0 radical (unpaired) electrons. The van der Waals surface area contributed by atoms with Crippen LogP contribution in [0.1, 0.15) is 46.1 Å². The highest BCUT2D eigenvalue weighted by molar-refractivity contribution is 6.62. The highest BCUT2D eigenvalue weighted by Crippen LogP contribution is 2.42. The van der Waals surface area contributed by atoms with Crippen LogP contribution in [0.25, 0.3) is 0 Å². The zero-order chi connectivity index (χ0) is 15.3. The quantitative estimate of drug-likeness (QED) is 0.800. The molecular weight excluding hydrogens is 263 g/mol. The molecule has 21 heavy (non-hydrogen) atoms. The number of rotatable bonds is 3. The van der Waals surface area contributed by atoms with Crippen molar-refractivity contribution < 1.29 is 14.0 Å². The van der Waals surface area contributed by atoms with Gasteiger partial charge in [0.2, 0.25) is 0 Å². The summed E-state index contributed by atoms with van der Waals surface area (Å²) < 4.78 is 17.9. The molecule has 2 saturated heterocycles. The maximum absolute atomic E-state index is 6.34. The van der Waals surface area contributed by atoms with E-state index in [4.69, 9.17) is 14.0 Å². The van der Waals surface area contributed by atoms with Crippen molar-refractivity contribution >= 4 is 12.6 Å². The van der Waals surface area contributed by atoms with E-state index in [9.17, 15) is 0 Å². The first kappa shape index (κ1) is 15.1. The first-order valence-electron chi connectivity index (χ1n) is 7.87. The summed E-state index contributed by atoms with van der Waals surface area (Å²) in [6, 6.07) is 8.56. The van der Waals surface area contributed by atoms with Gasteiger partial charge < -0.3 is 14.0 Å². The van der Waals surface area contributed by atoms with E-state index < -0.39 is 0 Å². The van der Waals surface area contributed by atoms with Gasteiger partial charge in [-0.25, -0.2) is 0 Å². The van der Waals surface area contributed by atoms with Crippen LogP contribution in [0.5, 0.6) is 0 Å². The van der Waals surface area contributed by atoms with Gasteiger partial charge in [0.15, 0.2) is 0 Å². The smallest absolute Gasteiger partial charge is 0.399 e. The van der Waals surface area contributed by atoms with E-state index in [1.54, 1.807) is 0 Å². The minimum Gasteiger partial charge on any atom is -0.399 e. The Morgan fingerprint density at radius 1 is 1.14 bits per heavy atom. The number of hydrogen-bond donors (Lipinski definition) is 0. The van der Waals surface area contributed by atoms with Gasteiger partial charge in [0, 0.05) is 5.92 Å². The van der Waals surface area contributed by atoms with E-state index in [-0.39, 0.29) is 18.3 Å². The third-order valence-corrected chi connectivity index (χ3v) is 5.34. The van der Waals surface area contributed by atoms with Crippen molar-refractivity contribution in [3.63, 3.8) is 0 Å². The summed E-state index contributed by atoms with van der Waals surface area (Å²) >= 11 is 0. The topological polar surface area (TPSA) is 27.7 Å². The molecule has 1 atom stereocenters. The molecule has 3 nitrogen and oxygen atoms in total. The van der Waals surface area contributed by atoms with Gasteiger partial charge in [-0.2, -0.15) is 0 Å². The van der Waals surface area contributed by atoms with Gasteiger partial charge in [-0.15, -0.1) is 0 Å². The predicted molar refractivity (Wildman–Crippen MR) is 84.9 cm³/mol. The molecule has 0 saturated carbocycles. The molecule has 0 aliphatic carbocycles. The summed E-state index contributed by atoms with van der Waals surface area (Å²) in [5, 5.41) is 0. The van der Waals surface area contributed by atoms with Crippen LogP contribution in [0.4, 0.5) is 0 Å². The molecule has 1 unspecified atom stereocenters. The Morgan fingerprint density at radius 3 is 2.38 bits per heavy atom. The molecule has 2 aliphatic rings. The second kappa shape index (κ2) is 5.11. The summed E-state index contributed by atoms with van der Waals surface area (Å²) in [5.74, 6) is 0.913. The fourth-order valence-electron chi connectivity index (χ4n) is 3.13. The number of benzene rings is 1. The molecule has 0 spiro atoms. The summed E-state index contributed by atoms with van der Waals surface area (Å²) in [5.41, 5.74) is 1.84. The number of ether oxygens (including phenoxy) is 1. The van der Waals surface area contributed by atoms with Crippen molar-refractivity contribution in [3.8, 4) is 0 Å². The molecule has 0 amide bonds. The van der Waals surface area contributed by atoms with Crippen LogP contribution in [0, 0.1) is 5.92 Å². The van der Waals surface area contributed by atoms with Crippen LogP contribution < -0.4 is 5.46 Å². The Hall–Kier alpha value is -0.835. The largest absolute Gasteiger partial charge is 0.494 e. The second-order valence-electron chi connectivity index (χ2n) is 7.24. The van der Waals surface area contributed by atoms with Crippen LogP contribution in [0.2, 0.25) is 0 Å². The fraction of sp³-hybridized carbons (Fsp3) is 0.647. The third kappa shape index (κ3) is 2.43. The van der Waals surface area contributed by atoms with Gasteiger partial charge >= 0.3 is 7.12 Å². The molecule has 114 valence electrons. The van der Waals surface area contributed by atoms with Gasteiger partial charge in [-0.1, -0.05) is 38.1 Å². The lowest BCUT2D eigenvalue weighted by Gasteiger charge is -2.39. The van der Waals surface area contributed by atoms with Crippen LogP contribution in [-0.4, -0.2) is 31.5 Å². The summed E-state index contributed by atoms with van der Waals surface area (Å²) in [6.45, 7) is 12.4. The fourth-order valence-corrected chi connectivity index (χ4v) is 3.13. The van der Waals surface area contributed by atoms with Crippen molar-refractivity contribution in [1.82, 2.24) is 0 Å². The van der Waals surface area contributed by atoms with Crippen LogP contribution >= 0.6 is 0 Å². The summed E-state index contributed by atoms with van der Waals surface area (Å²) in [7, 11) is -0.284. The Balaban J connectivity index is 1.85. The average molecular weight is 288 g/mol. The summed E-state index contributed by atoms with van der Waals surface area (Å²) in [6.07, 6.45) is 0. The molecule has 0 bridgehead atoms. The van der Waals surface area contributed by atoms with Crippen molar-refractivity contribution in [2.45, 2.75) is 51.7 Å². The normalized spacial score (nSPS) is 29.0. The Labute approximate surface area is 128 Å². The zero-order valence-corrected chi connectivity index (χ0v) is 13.7. The van der Waals surface area contributed by atoms with Crippen LogP contribution in [0.15, 0.2) is 24.3 Å². The van der Waals surface area contributed by atoms with E-state index >= 15 is 0 Å². The van der Waals surface area contributed by atoms with Gasteiger partial charge in [0.1, 0.15) is 0 Å². The molecule has 3 rings (SSSR count). The molecule has 1 aromatic rings. The molecule has 2 aliphatic heterocycles. The first-order chi connectivity index (χ1) is 9.83. The van der Waals surface area contributed by atoms with E-state index in [0.717, 1.165) is 18.7 Å². The summed E-state index contributed by atoms with van der Waals surface area (Å²) in [4.78, 5) is 0. The van der Waals surface area contributed by atoms with Crippen molar-refractivity contribution in [3.05, 3.63) is 29.8 Å². The van der Waals surface area contributed by atoms with Gasteiger partial charge in [-0.3, -0.25) is 0 Å². The van der Waals surface area contributed by atoms with E-state index in [1.165, 1.54) is 5.56 Å². The third-order valence-electron chi connectivity index (χ3n) is 5.34. The predicted octanol–water partition coefficient (Wildman–Crippen LogP) is 2.74. The lowest BCUT2D eigenvalue weighted by Crippen LogP contribution is -2.48. The van der Waals surface area contributed by atoms with E-state index in [0.29, 0.717) is 11.8 Å². The Bertz CT molecular complexity index is 525. The molecular formula is C17H25BO3. The van der Waals surface area contributed by atoms with Gasteiger partial charge in [0.25, 0.3) is 0 Å². The molecule has 4 heteroatoms. The van der Waals surface area contributed by atoms with Crippen LogP contribution in [-0.2, 0) is 14.0 Å². The maximum atomic E-state index is 6.34. The van der Waals surface area contributed by atoms with E-state index in [1.807, 2.05) is 0 Å². The molecule has 0 N–H and O–H groups in total.